The summed E-state index contributed by atoms with van der Waals surface area (Å²) in [6.07, 6.45) is 4.08. The Labute approximate surface area is 132 Å². The van der Waals surface area contributed by atoms with Gasteiger partial charge in [-0.05, 0) is 31.5 Å². The highest BCUT2D eigenvalue weighted by atomic mass is 32.1. The summed E-state index contributed by atoms with van der Waals surface area (Å²) in [5.74, 6) is 0.464. The number of amides is 1. The number of imidazole rings is 1. The Hall–Kier alpha value is -2.28. The highest BCUT2D eigenvalue weighted by Crippen LogP contribution is 2.17. The van der Waals surface area contributed by atoms with Crippen molar-refractivity contribution >= 4 is 33.6 Å². The van der Waals surface area contributed by atoms with Crippen molar-refractivity contribution in [3.8, 4) is 0 Å². The molecule has 0 aliphatic rings. The number of aromatic nitrogens is 4. The van der Waals surface area contributed by atoms with Gasteiger partial charge in [0.25, 0.3) is 5.91 Å². The van der Waals surface area contributed by atoms with Crippen LogP contribution in [0.4, 0.5) is 5.13 Å². The van der Waals surface area contributed by atoms with Crippen LogP contribution in [-0.2, 0) is 6.54 Å². The molecule has 2 heterocycles. The van der Waals surface area contributed by atoms with E-state index in [9.17, 15) is 4.79 Å². The van der Waals surface area contributed by atoms with Gasteiger partial charge in [0.05, 0.1) is 17.4 Å². The molecule has 0 fully saturated rings. The van der Waals surface area contributed by atoms with E-state index in [0.29, 0.717) is 16.5 Å². The van der Waals surface area contributed by atoms with Gasteiger partial charge < -0.3 is 4.57 Å². The molecule has 0 bridgehead atoms. The zero-order valence-corrected chi connectivity index (χ0v) is 13.4. The molecule has 1 N–H and O–H groups in total. The molecular formula is C15H17N5OS. The van der Waals surface area contributed by atoms with Crippen LogP contribution in [0.3, 0.4) is 0 Å². The summed E-state index contributed by atoms with van der Waals surface area (Å²) in [4.78, 5) is 20.8. The molecule has 3 rings (SSSR count). The zero-order chi connectivity index (χ0) is 15.5. The van der Waals surface area contributed by atoms with E-state index >= 15 is 0 Å². The maximum absolute atomic E-state index is 12.2. The SMILES string of the molecule is CCCCn1cnc2cc(C(=O)Nc3nc(C)ns3)ccc21. The highest BCUT2D eigenvalue weighted by Gasteiger charge is 2.11. The van der Waals surface area contributed by atoms with Gasteiger partial charge in [-0.25, -0.2) is 9.97 Å². The van der Waals surface area contributed by atoms with Crippen molar-refractivity contribution in [3.63, 3.8) is 0 Å². The third kappa shape index (κ3) is 2.99. The fourth-order valence-electron chi connectivity index (χ4n) is 2.23. The average molecular weight is 315 g/mol. The minimum Gasteiger partial charge on any atom is -0.331 e. The van der Waals surface area contributed by atoms with Crippen molar-refractivity contribution in [2.24, 2.45) is 0 Å². The van der Waals surface area contributed by atoms with E-state index in [1.165, 1.54) is 11.5 Å². The number of aryl methyl sites for hydroxylation is 2. The molecule has 0 spiro atoms. The van der Waals surface area contributed by atoms with Gasteiger partial charge in [-0.15, -0.1) is 0 Å². The highest BCUT2D eigenvalue weighted by molar-refractivity contribution is 7.09. The summed E-state index contributed by atoms with van der Waals surface area (Å²) in [6, 6.07) is 5.56. The maximum atomic E-state index is 12.2. The maximum Gasteiger partial charge on any atom is 0.257 e. The second-order valence-corrected chi connectivity index (χ2v) is 5.85. The predicted molar refractivity (Wildman–Crippen MR) is 87.2 cm³/mol. The van der Waals surface area contributed by atoms with Gasteiger partial charge in [-0.1, -0.05) is 13.3 Å². The summed E-state index contributed by atoms with van der Waals surface area (Å²) >= 11 is 1.18. The molecule has 2 aromatic heterocycles. The van der Waals surface area contributed by atoms with E-state index < -0.39 is 0 Å². The number of nitrogens with zero attached hydrogens (tertiary/aromatic N) is 4. The third-order valence-electron chi connectivity index (χ3n) is 3.38. The molecule has 3 aromatic rings. The van der Waals surface area contributed by atoms with Crippen LogP contribution in [0.15, 0.2) is 24.5 Å². The Bertz CT molecular complexity index is 807. The van der Waals surface area contributed by atoms with Crippen molar-refractivity contribution in [2.75, 3.05) is 5.32 Å². The van der Waals surface area contributed by atoms with Gasteiger partial charge in [-0.2, -0.15) is 4.37 Å². The van der Waals surface area contributed by atoms with Crippen LogP contribution in [0, 0.1) is 6.92 Å². The van der Waals surface area contributed by atoms with Crippen molar-refractivity contribution in [1.82, 2.24) is 18.9 Å². The van der Waals surface area contributed by atoms with Gasteiger partial charge in [0.2, 0.25) is 5.13 Å². The molecule has 7 heteroatoms. The van der Waals surface area contributed by atoms with E-state index in [4.69, 9.17) is 0 Å². The molecule has 0 aliphatic heterocycles. The fourth-order valence-corrected chi connectivity index (χ4v) is 2.80. The lowest BCUT2D eigenvalue weighted by Gasteiger charge is -2.04. The van der Waals surface area contributed by atoms with Gasteiger partial charge in [-0.3, -0.25) is 10.1 Å². The first-order chi connectivity index (χ1) is 10.7. The molecule has 0 radical (unpaired) electrons. The number of anilines is 1. The number of nitrogens with one attached hydrogen (secondary N) is 1. The molecular weight excluding hydrogens is 298 g/mol. The van der Waals surface area contributed by atoms with Crippen LogP contribution in [0.1, 0.15) is 35.9 Å². The number of fused-ring (bicyclic) bond motifs is 1. The standard InChI is InChI=1S/C15H17N5OS/c1-3-4-7-20-9-16-12-8-11(5-6-13(12)20)14(21)18-15-17-10(2)19-22-15/h5-6,8-9H,3-4,7H2,1-2H3,(H,17,18,19,21). The van der Waals surface area contributed by atoms with Crippen LogP contribution < -0.4 is 5.32 Å². The minimum atomic E-state index is -0.193. The molecule has 0 atom stereocenters. The average Bonchev–Trinajstić information content (AvgIpc) is 3.10. The van der Waals surface area contributed by atoms with Crippen LogP contribution in [0.2, 0.25) is 0 Å². The molecule has 0 aliphatic carbocycles. The van der Waals surface area contributed by atoms with Gasteiger partial charge >= 0.3 is 0 Å². The molecule has 0 saturated carbocycles. The molecule has 1 amide bonds. The monoisotopic (exact) mass is 315 g/mol. The van der Waals surface area contributed by atoms with Gasteiger partial charge in [0.1, 0.15) is 5.82 Å². The van der Waals surface area contributed by atoms with E-state index in [-0.39, 0.29) is 5.91 Å². The summed E-state index contributed by atoms with van der Waals surface area (Å²) in [5, 5.41) is 3.27. The Morgan fingerprint density at radius 2 is 2.27 bits per heavy atom. The third-order valence-corrected chi connectivity index (χ3v) is 4.11. The van der Waals surface area contributed by atoms with E-state index in [2.05, 4.69) is 31.1 Å². The summed E-state index contributed by atoms with van der Waals surface area (Å²) in [5.41, 5.74) is 2.45. The molecule has 114 valence electrons. The number of carbonyl (C=O) groups excluding carboxylic acids is 1. The lowest BCUT2D eigenvalue weighted by molar-refractivity contribution is 0.102. The molecule has 1 aromatic carbocycles. The first-order valence-electron chi connectivity index (χ1n) is 7.24. The lowest BCUT2D eigenvalue weighted by atomic mass is 10.2. The van der Waals surface area contributed by atoms with Crippen molar-refractivity contribution in [3.05, 3.63) is 35.9 Å². The number of benzene rings is 1. The molecule has 0 saturated heterocycles. The lowest BCUT2D eigenvalue weighted by Crippen LogP contribution is -2.11. The molecule has 0 unspecified atom stereocenters. The second-order valence-electron chi connectivity index (χ2n) is 5.10. The Balaban J connectivity index is 1.81. The van der Waals surface area contributed by atoms with Crippen LogP contribution >= 0.6 is 11.5 Å². The van der Waals surface area contributed by atoms with Gasteiger partial charge in [0, 0.05) is 23.6 Å². The summed E-state index contributed by atoms with van der Waals surface area (Å²) in [7, 11) is 0. The Kier molecular flexibility index (Phi) is 4.15. The van der Waals surface area contributed by atoms with E-state index in [0.717, 1.165) is 30.4 Å². The van der Waals surface area contributed by atoms with Crippen molar-refractivity contribution in [1.29, 1.82) is 0 Å². The Morgan fingerprint density at radius 1 is 1.41 bits per heavy atom. The normalized spacial score (nSPS) is 11.0. The topological polar surface area (TPSA) is 72.7 Å². The van der Waals surface area contributed by atoms with Crippen LogP contribution in [0.5, 0.6) is 0 Å². The number of hydrogen-bond donors (Lipinski definition) is 1. The molecule has 6 nitrogen and oxygen atoms in total. The summed E-state index contributed by atoms with van der Waals surface area (Å²) in [6.45, 7) is 4.90. The van der Waals surface area contributed by atoms with E-state index in [1.54, 1.807) is 13.0 Å². The Morgan fingerprint density at radius 3 is 3.00 bits per heavy atom. The predicted octanol–water partition coefficient (Wildman–Crippen LogP) is 3.25. The number of hydrogen-bond acceptors (Lipinski definition) is 5. The second kappa shape index (κ2) is 6.23. The van der Waals surface area contributed by atoms with Crippen LogP contribution in [-0.4, -0.2) is 24.8 Å². The number of unbranched alkanes of at least 4 members (excludes halogenated alkanes) is 1. The number of rotatable bonds is 5. The van der Waals surface area contributed by atoms with Crippen molar-refractivity contribution in [2.45, 2.75) is 33.2 Å². The van der Waals surface area contributed by atoms with Gasteiger partial charge in [0.15, 0.2) is 0 Å². The quantitative estimate of drug-likeness (QED) is 0.784. The first-order valence-corrected chi connectivity index (χ1v) is 8.01. The fraction of sp³-hybridized carbons (Fsp3) is 0.333. The number of carbonyl (C=O) groups is 1. The minimum absolute atomic E-state index is 0.193. The summed E-state index contributed by atoms with van der Waals surface area (Å²) < 4.78 is 6.16. The largest absolute Gasteiger partial charge is 0.331 e. The molecule has 22 heavy (non-hydrogen) atoms. The van der Waals surface area contributed by atoms with Crippen molar-refractivity contribution < 1.29 is 4.79 Å². The van der Waals surface area contributed by atoms with E-state index in [1.807, 2.05) is 18.5 Å². The smallest absolute Gasteiger partial charge is 0.257 e. The zero-order valence-electron chi connectivity index (χ0n) is 12.5. The van der Waals surface area contributed by atoms with Crippen LogP contribution in [0.25, 0.3) is 11.0 Å². The first kappa shape index (κ1) is 14.6.